The molecule has 0 aromatic carbocycles. The van der Waals surface area contributed by atoms with E-state index >= 15 is 0 Å². The molecule has 0 radical (unpaired) electrons. The van der Waals surface area contributed by atoms with Gasteiger partial charge in [-0.2, -0.15) is 0 Å². The molecule has 0 bridgehead atoms. The molecule has 0 saturated carbocycles. The quantitative estimate of drug-likeness (QED) is 0.849. The summed E-state index contributed by atoms with van der Waals surface area (Å²) in [6, 6.07) is 3.94. The highest BCUT2D eigenvalue weighted by molar-refractivity contribution is 7.13. The van der Waals surface area contributed by atoms with Gasteiger partial charge in [-0.3, -0.25) is 4.79 Å². The minimum Gasteiger partial charge on any atom is -0.420 e. The summed E-state index contributed by atoms with van der Waals surface area (Å²) in [4.78, 5) is 15.4. The number of likely N-dealkylation sites (tertiary alicyclic amines) is 1. The van der Waals surface area contributed by atoms with Crippen molar-refractivity contribution in [2.45, 2.75) is 39.5 Å². The monoisotopic (exact) mass is 319 g/mol. The Hall–Kier alpha value is -1.69. The molecule has 1 amide bonds. The van der Waals surface area contributed by atoms with Gasteiger partial charge in [-0.15, -0.1) is 21.5 Å². The smallest absolute Gasteiger partial charge is 0.257 e. The lowest BCUT2D eigenvalue weighted by molar-refractivity contribution is -0.140. The van der Waals surface area contributed by atoms with Crippen molar-refractivity contribution >= 4 is 17.2 Å². The fraction of sp³-hybridized carbons (Fsp3) is 0.562. The van der Waals surface area contributed by atoms with Gasteiger partial charge in [-0.25, -0.2) is 0 Å². The van der Waals surface area contributed by atoms with Crippen LogP contribution in [0.15, 0.2) is 21.9 Å². The summed E-state index contributed by atoms with van der Waals surface area (Å²) < 4.78 is 5.83. The van der Waals surface area contributed by atoms with E-state index in [9.17, 15) is 4.79 Å². The molecular formula is C16H21N3O2S. The van der Waals surface area contributed by atoms with Crippen molar-refractivity contribution in [2.24, 2.45) is 5.41 Å². The van der Waals surface area contributed by atoms with Gasteiger partial charge in [0.15, 0.2) is 0 Å². The highest BCUT2D eigenvalue weighted by Gasteiger charge is 2.33. The largest absolute Gasteiger partial charge is 0.420 e. The molecule has 0 N–H and O–H groups in total. The summed E-state index contributed by atoms with van der Waals surface area (Å²) in [5.74, 6) is 1.55. The molecule has 1 fully saturated rings. The normalized spacial score (nSPS) is 19.4. The highest BCUT2D eigenvalue weighted by Crippen LogP contribution is 2.31. The summed E-state index contributed by atoms with van der Waals surface area (Å²) in [7, 11) is 0. The predicted octanol–water partition coefficient (Wildman–Crippen LogP) is 3.55. The maximum absolute atomic E-state index is 12.4. The van der Waals surface area contributed by atoms with Gasteiger partial charge in [-0.05, 0) is 24.3 Å². The lowest BCUT2D eigenvalue weighted by atomic mass is 9.91. The molecule has 118 valence electrons. The Morgan fingerprint density at radius 3 is 2.91 bits per heavy atom. The Morgan fingerprint density at radius 1 is 1.41 bits per heavy atom. The summed E-state index contributed by atoms with van der Waals surface area (Å²) in [5.41, 5.74) is -0.348. The first kappa shape index (κ1) is 15.2. The maximum atomic E-state index is 12.4. The van der Waals surface area contributed by atoms with E-state index < -0.39 is 0 Å². The predicted molar refractivity (Wildman–Crippen MR) is 85.6 cm³/mol. The number of hydrogen-bond donors (Lipinski definition) is 0. The molecule has 3 rings (SSSR count). The van der Waals surface area contributed by atoms with Crippen molar-refractivity contribution < 1.29 is 9.21 Å². The van der Waals surface area contributed by atoms with Crippen molar-refractivity contribution in [3.63, 3.8) is 0 Å². The molecule has 1 saturated heterocycles. The molecule has 3 heterocycles. The molecule has 1 aliphatic rings. The Bertz CT molecular complexity index is 643. The Kier molecular flexibility index (Phi) is 4.04. The van der Waals surface area contributed by atoms with Gasteiger partial charge in [0.2, 0.25) is 11.8 Å². The van der Waals surface area contributed by atoms with Gasteiger partial charge in [0.1, 0.15) is 0 Å². The van der Waals surface area contributed by atoms with Crippen LogP contribution in [0.5, 0.6) is 0 Å². The fourth-order valence-electron chi connectivity index (χ4n) is 2.74. The van der Waals surface area contributed by atoms with E-state index in [1.165, 1.54) is 0 Å². The second-order valence-electron chi connectivity index (χ2n) is 6.76. The first-order valence-corrected chi connectivity index (χ1v) is 8.50. The van der Waals surface area contributed by atoms with Crippen molar-refractivity contribution in [2.75, 3.05) is 13.1 Å². The number of aromatic nitrogens is 2. The molecule has 0 spiro atoms. The number of hydrogen-bond acceptors (Lipinski definition) is 5. The van der Waals surface area contributed by atoms with Crippen LogP contribution in [0.4, 0.5) is 0 Å². The van der Waals surface area contributed by atoms with E-state index in [0.717, 1.165) is 24.3 Å². The third kappa shape index (κ3) is 3.06. The molecule has 5 nitrogen and oxygen atoms in total. The zero-order valence-electron chi connectivity index (χ0n) is 13.2. The molecule has 1 atom stereocenters. The van der Waals surface area contributed by atoms with Gasteiger partial charge in [0.25, 0.3) is 5.89 Å². The lowest BCUT2D eigenvalue weighted by Crippen LogP contribution is -2.44. The number of rotatable bonds is 2. The first-order valence-electron chi connectivity index (χ1n) is 7.62. The Morgan fingerprint density at radius 2 is 2.23 bits per heavy atom. The molecular weight excluding hydrogens is 298 g/mol. The zero-order valence-corrected chi connectivity index (χ0v) is 14.0. The number of carbonyl (C=O) groups is 1. The zero-order chi connectivity index (χ0) is 15.7. The van der Waals surface area contributed by atoms with Gasteiger partial charge in [0, 0.05) is 18.5 Å². The Balaban J connectivity index is 1.74. The topological polar surface area (TPSA) is 59.2 Å². The number of thiophene rings is 1. The standard InChI is InChI=1S/C16H21N3O2S/c1-16(2,3)15(20)19-8-4-6-11(10-19)13-17-18-14(21-13)12-7-5-9-22-12/h5,7,9,11H,4,6,8,10H2,1-3H3. The number of amides is 1. The molecule has 2 aromatic heterocycles. The van der Waals surface area contributed by atoms with E-state index in [-0.39, 0.29) is 17.2 Å². The molecule has 6 heteroatoms. The fourth-order valence-corrected chi connectivity index (χ4v) is 3.38. The third-order valence-electron chi connectivity index (χ3n) is 3.87. The number of carbonyl (C=O) groups excluding carboxylic acids is 1. The van der Waals surface area contributed by atoms with Gasteiger partial charge >= 0.3 is 0 Å². The van der Waals surface area contributed by atoms with Crippen LogP contribution in [0.1, 0.15) is 45.4 Å². The highest BCUT2D eigenvalue weighted by atomic mass is 32.1. The average molecular weight is 319 g/mol. The van der Waals surface area contributed by atoms with E-state index in [1.807, 2.05) is 43.2 Å². The summed E-state index contributed by atoms with van der Waals surface area (Å²) in [6.45, 7) is 7.36. The van der Waals surface area contributed by atoms with Crippen LogP contribution in [-0.4, -0.2) is 34.1 Å². The lowest BCUT2D eigenvalue weighted by Gasteiger charge is -2.35. The summed E-state index contributed by atoms with van der Waals surface area (Å²) >= 11 is 1.58. The van der Waals surface area contributed by atoms with Crippen LogP contribution in [0.25, 0.3) is 10.8 Å². The van der Waals surface area contributed by atoms with Crippen LogP contribution >= 0.6 is 11.3 Å². The molecule has 1 aliphatic heterocycles. The van der Waals surface area contributed by atoms with Gasteiger partial charge < -0.3 is 9.32 Å². The van der Waals surface area contributed by atoms with Crippen LogP contribution in [0, 0.1) is 5.41 Å². The maximum Gasteiger partial charge on any atom is 0.257 e. The minimum atomic E-state index is -0.348. The van der Waals surface area contributed by atoms with E-state index in [0.29, 0.717) is 18.3 Å². The van der Waals surface area contributed by atoms with Crippen molar-refractivity contribution in [3.05, 3.63) is 23.4 Å². The summed E-state index contributed by atoms with van der Waals surface area (Å²) in [6.07, 6.45) is 1.96. The van der Waals surface area contributed by atoms with Crippen molar-refractivity contribution in [3.8, 4) is 10.8 Å². The van der Waals surface area contributed by atoms with E-state index in [2.05, 4.69) is 10.2 Å². The third-order valence-corrected chi connectivity index (χ3v) is 4.73. The van der Waals surface area contributed by atoms with Gasteiger partial charge in [-0.1, -0.05) is 26.8 Å². The van der Waals surface area contributed by atoms with E-state index in [1.54, 1.807) is 11.3 Å². The molecule has 2 aromatic rings. The average Bonchev–Trinajstić information content (AvgIpc) is 3.16. The van der Waals surface area contributed by atoms with Crippen LogP contribution in [0.3, 0.4) is 0 Å². The van der Waals surface area contributed by atoms with Crippen molar-refractivity contribution in [1.29, 1.82) is 0 Å². The Labute approximate surface area is 134 Å². The van der Waals surface area contributed by atoms with Crippen LogP contribution in [-0.2, 0) is 4.79 Å². The molecule has 1 unspecified atom stereocenters. The molecule has 22 heavy (non-hydrogen) atoms. The van der Waals surface area contributed by atoms with Crippen LogP contribution < -0.4 is 0 Å². The first-order chi connectivity index (χ1) is 10.4. The van der Waals surface area contributed by atoms with Crippen LogP contribution in [0.2, 0.25) is 0 Å². The number of piperidine rings is 1. The van der Waals surface area contributed by atoms with Gasteiger partial charge in [0.05, 0.1) is 10.8 Å². The minimum absolute atomic E-state index is 0.140. The summed E-state index contributed by atoms with van der Waals surface area (Å²) in [5, 5.41) is 10.3. The second kappa shape index (κ2) is 5.83. The number of nitrogens with zero attached hydrogens (tertiary/aromatic N) is 3. The second-order valence-corrected chi connectivity index (χ2v) is 7.71. The SMILES string of the molecule is CC(C)(C)C(=O)N1CCCC(c2nnc(-c3cccs3)o2)C1. The molecule has 0 aliphatic carbocycles. The van der Waals surface area contributed by atoms with E-state index in [4.69, 9.17) is 4.42 Å². The van der Waals surface area contributed by atoms with Crippen molar-refractivity contribution in [1.82, 2.24) is 15.1 Å².